The molecule has 0 aromatic carbocycles. The number of carboxylic acid groups (broad SMARTS) is 3. The van der Waals surface area contributed by atoms with E-state index >= 15 is 0 Å². The molecule has 0 aliphatic rings. The Hall–Kier alpha value is -4.48. The van der Waals surface area contributed by atoms with Gasteiger partial charge in [0.2, 0.25) is 23.6 Å². The summed E-state index contributed by atoms with van der Waals surface area (Å²) in [5.74, 6) is -8.29. The van der Waals surface area contributed by atoms with E-state index in [0.29, 0.717) is 0 Å². The topological polar surface area (TPSA) is 333 Å². The number of nitrogens with one attached hydrogen (secondary N) is 3. The molecule has 214 valence electrons. The van der Waals surface area contributed by atoms with E-state index in [9.17, 15) is 38.7 Å². The van der Waals surface area contributed by atoms with Crippen molar-refractivity contribution in [1.29, 1.82) is 0 Å². The standard InChI is InChI=1S/C20H34N8O10/c21-9(8-15(32)33)16(34)26-10(3-5-13(22)29)17(35)27-11(4-6-14(30)31)18(36)28-12(19(37)38)2-1-7-25-20(23)24/h9-12H,1-8,21H2,(H2,22,29)(H,26,34)(H,27,35)(H,28,36)(H,30,31)(H,32,33)(H,37,38)(H4,23,24,25). The number of nitrogens with two attached hydrogens (primary N) is 4. The zero-order valence-corrected chi connectivity index (χ0v) is 20.4. The first-order valence-corrected chi connectivity index (χ1v) is 11.3. The van der Waals surface area contributed by atoms with Crippen LogP contribution in [0.25, 0.3) is 0 Å². The van der Waals surface area contributed by atoms with Gasteiger partial charge in [-0.05, 0) is 25.7 Å². The molecule has 0 aromatic rings. The van der Waals surface area contributed by atoms with Crippen LogP contribution in [0.3, 0.4) is 0 Å². The fourth-order valence-corrected chi connectivity index (χ4v) is 2.96. The van der Waals surface area contributed by atoms with Gasteiger partial charge in [-0.2, -0.15) is 0 Å². The van der Waals surface area contributed by atoms with E-state index in [1.807, 2.05) is 0 Å². The molecule has 0 radical (unpaired) electrons. The van der Waals surface area contributed by atoms with E-state index in [-0.39, 0.29) is 31.8 Å². The van der Waals surface area contributed by atoms with Crippen molar-refractivity contribution >= 4 is 47.5 Å². The number of hydrogen-bond acceptors (Lipinski definition) is 9. The zero-order chi connectivity index (χ0) is 29.4. The van der Waals surface area contributed by atoms with Gasteiger partial charge in [-0.3, -0.25) is 33.8 Å². The second kappa shape index (κ2) is 17.1. The fourth-order valence-electron chi connectivity index (χ4n) is 2.96. The van der Waals surface area contributed by atoms with E-state index in [4.69, 9.17) is 33.1 Å². The van der Waals surface area contributed by atoms with Crippen molar-refractivity contribution in [3.8, 4) is 0 Å². The summed E-state index contributed by atoms with van der Waals surface area (Å²) in [5.41, 5.74) is 20.9. The maximum atomic E-state index is 12.9. The Morgan fingerprint density at radius 1 is 0.684 bits per heavy atom. The molecule has 0 aromatic heterocycles. The molecule has 0 aliphatic carbocycles. The van der Waals surface area contributed by atoms with Gasteiger partial charge in [-0.1, -0.05) is 0 Å². The highest BCUT2D eigenvalue weighted by Gasteiger charge is 2.31. The molecule has 4 amide bonds. The summed E-state index contributed by atoms with van der Waals surface area (Å²) in [6.45, 7) is 0.0758. The maximum absolute atomic E-state index is 12.9. The van der Waals surface area contributed by atoms with Crippen LogP contribution in [0.2, 0.25) is 0 Å². The molecule has 0 aliphatic heterocycles. The summed E-state index contributed by atoms with van der Waals surface area (Å²) in [6, 6.07) is -6.04. The van der Waals surface area contributed by atoms with Gasteiger partial charge in [0, 0.05) is 19.4 Å². The summed E-state index contributed by atoms with van der Waals surface area (Å²) >= 11 is 0. The monoisotopic (exact) mass is 546 g/mol. The van der Waals surface area contributed by atoms with Crippen LogP contribution in [0.5, 0.6) is 0 Å². The van der Waals surface area contributed by atoms with Crippen molar-refractivity contribution in [3.05, 3.63) is 0 Å². The number of aliphatic imine (C=N–C) groups is 1. The minimum atomic E-state index is -1.56. The lowest BCUT2D eigenvalue weighted by molar-refractivity contribution is -0.143. The molecule has 18 nitrogen and oxygen atoms in total. The molecular formula is C20H34N8O10. The van der Waals surface area contributed by atoms with Crippen molar-refractivity contribution in [2.45, 2.75) is 69.1 Å². The fraction of sp³-hybridized carbons (Fsp3) is 0.600. The first-order chi connectivity index (χ1) is 17.6. The van der Waals surface area contributed by atoms with Crippen molar-refractivity contribution in [1.82, 2.24) is 16.0 Å². The first kappa shape index (κ1) is 33.5. The van der Waals surface area contributed by atoms with Gasteiger partial charge >= 0.3 is 17.9 Å². The Morgan fingerprint density at radius 2 is 1.18 bits per heavy atom. The van der Waals surface area contributed by atoms with Gasteiger partial charge < -0.3 is 54.2 Å². The Balaban J connectivity index is 5.63. The third kappa shape index (κ3) is 14.8. The smallest absolute Gasteiger partial charge is 0.326 e. The van der Waals surface area contributed by atoms with Gasteiger partial charge in [-0.25, -0.2) is 4.79 Å². The lowest BCUT2D eigenvalue weighted by Gasteiger charge is -2.25. The number of amides is 4. The summed E-state index contributed by atoms with van der Waals surface area (Å²) < 4.78 is 0. The highest BCUT2D eigenvalue weighted by molar-refractivity contribution is 5.95. The number of carbonyl (C=O) groups is 7. The van der Waals surface area contributed by atoms with Crippen LogP contribution in [0, 0.1) is 0 Å². The predicted molar refractivity (Wildman–Crippen MR) is 129 cm³/mol. The molecule has 0 spiro atoms. The summed E-state index contributed by atoms with van der Waals surface area (Å²) in [4.78, 5) is 86.2. The largest absolute Gasteiger partial charge is 0.481 e. The Morgan fingerprint density at radius 3 is 1.63 bits per heavy atom. The molecule has 0 rings (SSSR count). The number of guanidine groups is 1. The van der Waals surface area contributed by atoms with Crippen molar-refractivity contribution in [2.75, 3.05) is 6.54 Å². The number of primary amides is 1. The first-order valence-electron chi connectivity index (χ1n) is 11.3. The molecule has 0 bridgehead atoms. The number of hydrogen-bond donors (Lipinski definition) is 10. The molecule has 0 saturated heterocycles. The van der Waals surface area contributed by atoms with Crippen LogP contribution in [0.15, 0.2) is 4.99 Å². The van der Waals surface area contributed by atoms with Gasteiger partial charge in [0.25, 0.3) is 0 Å². The average molecular weight is 547 g/mol. The zero-order valence-electron chi connectivity index (χ0n) is 20.4. The number of aliphatic carboxylic acids is 3. The van der Waals surface area contributed by atoms with Crippen LogP contribution < -0.4 is 38.9 Å². The summed E-state index contributed by atoms with van der Waals surface area (Å²) in [5, 5.41) is 33.8. The van der Waals surface area contributed by atoms with E-state index in [2.05, 4.69) is 20.9 Å². The van der Waals surface area contributed by atoms with E-state index in [0.717, 1.165) is 0 Å². The SMILES string of the molecule is NC(=O)CCC(NC(=O)C(N)CC(=O)O)C(=O)NC(CCC(=O)O)C(=O)NC(CCCN=C(N)N)C(=O)O. The number of carboxylic acids is 3. The highest BCUT2D eigenvalue weighted by atomic mass is 16.4. The summed E-state index contributed by atoms with van der Waals surface area (Å²) in [6.07, 6.45) is -2.50. The van der Waals surface area contributed by atoms with Gasteiger partial charge in [0.05, 0.1) is 12.5 Å². The number of nitrogens with zero attached hydrogens (tertiary/aromatic N) is 1. The summed E-state index contributed by atoms with van der Waals surface area (Å²) in [7, 11) is 0. The van der Waals surface area contributed by atoms with Crippen LogP contribution >= 0.6 is 0 Å². The lowest BCUT2D eigenvalue weighted by atomic mass is 10.1. The van der Waals surface area contributed by atoms with Crippen molar-refractivity contribution in [2.24, 2.45) is 27.9 Å². The average Bonchev–Trinajstić information content (AvgIpc) is 2.79. The Bertz CT molecular complexity index is 921. The molecule has 4 atom stereocenters. The predicted octanol–water partition coefficient (Wildman–Crippen LogP) is -4.49. The third-order valence-electron chi connectivity index (χ3n) is 4.88. The molecule has 0 fully saturated rings. The van der Waals surface area contributed by atoms with Crippen LogP contribution in [-0.4, -0.2) is 93.5 Å². The van der Waals surface area contributed by atoms with Crippen molar-refractivity contribution in [3.63, 3.8) is 0 Å². The number of carbonyl (C=O) groups excluding carboxylic acids is 4. The lowest BCUT2D eigenvalue weighted by Crippen LogP contribution is -2.57. The van der Waals surface area contributed by atoms with E-state index < -0.39 is 91.4 Å². The number of rotatable bonds is 19. The van der Waals surface area contributed by atoms with E-state index in [1.54, 1.807) is 0 Å². The second-order valence-electron chi connectivity index (χ2n) is 8.11. The van der Waals surface area contributed by atoms with Crippen molar-refractivity contribution < 1.29 is 48.9 Å². The molecule has 0 heterocycles. The Labute approximate surface area is 216 Å². The molecule has 4 unspecified atom stereocenters. The maximum Gasteiger partial charge on any atom is 0.326 e. The Kier molecular flexibility index (Phi) is 15.0. The molecule has 18 heteroatoms. The molecule has 38 heavy (non-hydrogen) atoms. The van der Waals surface area contributed by atoms with Crippen LogP contribution in [0.1, 0.15) is 44.9 Å². The molecular weight excluding hydrogens is 512 g/mol. The van der Waals surface area contributed by atoms with Gasteiger partial charge in [0.15, 0.2) is 5.96 Å². The second-order valence-corrected chi connectivity index (χ2v) is 8.11. The van der Waals surface area contributed by atoms with Crippen LogP contribution in [0.4, 0.5) is 0 Å². The normalized spacial score (nSPS) is 13.6. The van der Waals surface area contributed by atoms with E-state index in [1.165, 1.54) is 0 Å². The quantitative estimate of drug-likeness (QED) is 0.0415. The van der Waals surface area contributed by atoms with Gasteiger partial charge in [0.1, 0.15) is 18.1 Å². The minimum absolute atomic E-state index is 0.0758. The molecule has 14 N–H and O–H groups in total. The molecule has 0 saturated carbocycles. The third-order valence-corrected chi connectivity index (χ3v) is 4.88. The van der Waals surface area contributed by atoms with Gasteiger partial charge in [-0.15, -0.1) is 0 Å². The highest BCUT2D eigenvalue weighted by Crippen LogP contribution is 2.06. The van der Waals surface area contributed by atoms with Crippen LogP contribution in [-0.2, 0) is 33.6 Å². The minimum Gasteiger partial charge on any atom is -0.481 e.